The van der Waals surface area contributed by atoms with Crippen molar-refractivity contribution in [3.8, 4) is 5.75 Å². The Morgan fingerprint density at radius 2 is 1.52 bits per heavy atom. The number of hydrogen-bond acceptors (Lipinski definition) is 6. The lowest BCUT2D eigenvalue weighted by atomic mass is 10.1. The Hall–Kier alpha value is -3.36. The fourth-order valence-electron chi connectivity index (χ4n) is 3.48. The van der Waals surface area contributed by atoms with Crippen molar-refractivity contribution in [1.29, 1.82) is 0 Å². The molecule has 1 saturated heterocycles. The van der Waals surface area contributed by atoms with E-state index in [4.69, 9.17) is 14.9 Å². The first kappa shape index (κ1) is 22.3. The van der Waals surface area contributed by atoms with Crippen molar-refractivity contribution in [1.82, 2.24) is 9.80 Å². The van der Waals surface area contributed by atoms with Crippen LogP contribution in [0.5, 0.6) is 5.75 Å². The zero-order valence-corrected chi connectivity index (χ0v) is 17.5. The third-order valence-electron chi connectivity index (χ3n) is 5.21. The third-order valence-corrected chi connectivity index (χ3v) is 5.21. The molecule has 1 heterocycles. The van der Waals surface area contributed by atoms with Crippen molar-refractivity contribution in [2.24, 2.45) is 0 Å². The Labute approximate surface area is 181 Å². The van der Waals surface area contributed by atoms with Crippen LogP contribution in [0.15, 0.2) is 60.3 Å². The first-order valence-corrected chi connectivity index (χ1v) is 10.0. The second-order valence-corrected chi connectivity index (χ2v) is 7.41. The molecule has 0 aromatic heterocycles. The van der Waals surface area contributed by atoms with Crippen LogP contribution < -0.4 is 10.1 Å². The summed E-state index contributed by atoms with van der Waals surface area (Å²) in [5.41, 5.74) is 2.28. The van der Waals surface area contributed by atoms with Crippen molar-refractivity contribution >= 4 is 17.6 Å². The molecule has 31 heavy (non-hydrogen) atoms. The van der Waals surface area contributed by atoms with Crippen LogP contribution in [-0.4, -0.2) is 65.2 Å². The number of nitrogens with zero attached hydrogens (tertiary/aromatic N) is 2. The maximum absolute atomic E-state index is 11.0. The van der Waals surface area contributed by atoms with E-state index in [2.05, 4.69) is 27.2 Å². The topological polar surface area (TPSA) is 102 Å². The summed E-state index contributed by atoms with van der Waals surface area (Å²) in [4.78, 5) is 26.7. The van der Waals surface area contributed by atoms with E-state index in [1.165, 1.54) is 5.56 Å². The Morgan fingerprint density at radius 1 is 0.935 bits per heavy atom. The second kappa shape index (κ2) is 10.6. The molecular weight excluding hydrogens is 398 g/mol. The average molecular weight is 425 g/mol. The van der Waals surface area contributed by atoms with Gasteiger partial charge in [-0.25, -0.2) is 9.59 Å². The van der Waals surface area contributed by atoms with Crippen LogP contribution in [0.4, 0.5) is 5.69 Å². The normalized spacial score (nSPS) is 14.6. The molecule has 3 rings (SSSR count). The summed E-state index contributed by atoms with van der Waals surface area (Å²) in [7, 11) is 1.67. The summed E-state index contributed by atoms with van der Waals surface area (Å²) in [6, 6.07) is 15.7. The number of rotatable bonds is 9. The van der Waals surface area contributed by atoms with Gasteiger partial charge in [-0.3, -0.25) is 9.80 Å². The molecular formula is C23H27N3O5. The van der Waals surface area contributed by atoms with Crippen LogP contribution in [0, 0.1) is 0 Å². The van der Waals surface area contributed by atoms with Gasteiger partial charge in [-0.2, -0.15) is 0 Å². The highest BCUT2D eigenvalue weighted by atomic mass is 16.5. The molecule has 1 aliphatic rings. The standard InChI is InChI=1S/C23H27N3O5/c1-31-20-7-5-17(6-8-20)15-25-9-11-26(12-10-25)16-18-3-2-4-19(13-18)24-14-21(22(27)28)23(29)30/h2-8,13-14,24H,9-12,15-16H2,1H3,(H,27,28)(H,29,30). The molecule has 0 bridgehead atoms. The van der Waals surface area contributed by atoms with Gasteiger partial charge in [0.2, 0.25) is 0 Å². The Kier molecular flexibility index (Phi) is 7.64. The number of aliphatic carboxylic acids is 2. The number of anilines is 1. The lowest BCUT2D eigenvalue weighted by Gasteiger charge is -2.34. The third kappa shape index (κ3) is 6.56. The molecule has 0 spiro atoms. The van der Waals surface area contributed by atoms with E-state index in [1.54, 1.807) is 13.2 Å². The van der Waals surface area contributed by atoms with E-state index in [0.717, 1.165) is 56.8 Å². The maximum Gasteiger partial charge on any atom is 0.344 e. The highest BCUT2D eigenvalue weighted by molar-refractivity contribution is 6.12. The van der Waals surface area contributed by atoms with Crippen LogP contribution in [0.3, 0.4) is 0 Å². The minimum absolute atomic E-state index is 0.649. The van der Waals surface area contributed by atoms with Gasteiger partial charge in [0.15, 0.2) is 5.57 Å². The molecule has 0 unspecified atom stereocenters. The number of nitrogens with one attached hydrogen (secondary N) is 1. The van der Waals surface area contributed by atoms with Crippen molar-refractivity contribution in [3.05, 3.63) is 71.4 Å². The van der Waals surface area contributed by atoms with Crippen LogP contribution in [-0.2, 0) is 22.7 Å². The van der Waals surface area contributed by atoms with Gasteiger partial charge in [0.05, 0.1) is 7.11 Å². The number of methoxy groups -OCH3 is 1. The first-order valence-electron chi connectivity index (χ1n) is 10.0. The molecule has 1 fully saturated rings. The van der Waals surface area contributed by atoms with Gasteiger partial charge in [0.25, 0.3) is 0 Å². The minimum atomic E-state index is -1.48. The smallest absolute Gasteiger partial charge is 0.344 e. The largest absolute Gasteiger partial charge is 0.497 e. The Balaban J connectivity index is 1.51. The number of benzene rings is 2. The SMILES string of the molecule is COc1ccc(CN2CCN(Cc3cccc(NC=C(C(=O)O)C(=O)O)c3)CC2)cc1. The van der Waals surface area contributed by atoms with Gasteiger partial charge >= 0.3 is 11.9 Å². The zero-order valence-electron chi connectivity index (χ0n) is 17.5. The van der Waals surface area contributed by atoms with Gasteiger partial charge in [-0.1, -0.05) is 24.3 Å². The minimum Gasteiger partial charge on any atom is -0.497 e. The van der Waals surface area contributed by atoms with Crippen LogP contribution in [0.1, 0.15) is 11.1 Å². The number of carbonyl (C=O) groups is 2. The lowest BCUT2D eigenvalue weighted by Crippen LogP contribution is -2.45. The lowest BCUT2D eigenvalue weighted by molar-refractivity contribution is -0.140. The fourth-order valence-corrected chi connectivity index (χ4v) is 3.48. The van der Waals surface area contributed by atoms with Gasteiger partial charge < -0.3 is 20.3 Å². The van der Waals surface area contributed by atoms with E-state index < -0.39 is 17.5 Å². The van der Waals surface area contributed by atoms with Crippen LogP contribution >= 0.6 is 0 Å². The van der Waals surface area contributed by atoms with Crippen molar-refractivity contribution < 1.29 is 24.5 Å². The summed E-state index contributed by atoms with van der Waals surface area (Å²) < 4.78 is 5.21. The molecule has 164 valence electrons. The summed E-state index contributed by atoms with van der Waals surface area (Å²) in [5, 5.41) is 20.6. The molecule has 2 aromatic rings. The number of hydrogen-bond donors (Lipinski definition) is 3. The predicted molar refractivity (Wildman–Crippen MR) is 117 cm³/mol. The quantitative estimate of drug-likeness (QED) is 0.320. The van der Waals surface area contributed by atoms with Gasteiger partial charge in [0, 0.05) is 51.2 Å². The van der Waals surface area contributed by atoms with Crippen molar-refractivity contribution in [2.45, 2.75) is 13.1 Å². The van der Waals surface area contributed by atoms with E-state index in [-0.39, 0.29) is 0 Å². The van der Waals surface area contributed by atoms with Gasteiger partial charge in [-0.15, -0.1) is 0 Å². The summed E-state index contributed by atoms with van der Waals surface area (Å²) in [6.07, 6.45) is 1.00. The van der Waals surface area contributed by atoms with Crippen LogP contribution in [0.25, 0.3) is 0 Å². The molecule has 0 radical (unpaired) electrons. The second-order valence-electron chi connectivity index (χ2n) is 7.41. The van der Waals surface area contributed by atoms with Gasteiger partial charge in [0.1, 0.15) is 5.75 Å². The monoisotopic (exact) mass is 425 g/mol. The van der Waals surface area contributed by atoms with Gasteiger partial charge in [-0.05, 0) is 35.4 Å². The molecule has 0 atom stereocenters. The predicted octanol–water partition coefficient (Wildman–Crippen LogP) is 2.48. The number of ether oxygens (including phenoxy) is 1. The van der Waals surface area contributed by atoms with E-state index in [1.807, 2.05) is 30.3 Å². The molecule has 8 heteroatoms. The zero-order chi connectivity index (χ0) is 22.2. The Morgan fingerprint density at radius 3 is 2.06 bits per heavy atom. The first-order chi connectivity index (χ1) is 14.9. The molecule has 0 amide bonds. The summed E-state index contributed by atoms with van der Waals surface area (Å²) in [6.45, 7) is 5.56. The number of piperazine rings is 1. The number of carboxylic acids is 2. The highest BCUT2D eigenvalue weighted by Crippen LogP contribution is 2.17. The van der Waals surface area contributed by atoms with E-state index in [9.17, 15) is 9.59 Å². The molecule has 0 saturated carbocycles. The van der Waals surface area contributed by atoms with Crippen molar-refractivity contribution in [2.75, 3.05) is 38.6 Å². The van der Waals surface area contributed by atoms with E-state index in [0.29, 0.717) is 5.69 Å². The average Bonchev–Trinajstić information content (AvgIpc) is 2.75. The summed E-state index contributed by atoms with van der Waals surface area (Å²) >= 11 is 0. The fraction of sp³-hybridized carbons (Fsp3) is 0.304. The molecule has 8 nitrogen and oxygen atoms in total. The van der Waals surface area contributed by atoms with E-state index >= 15 is 0 Å². The molecule has 2 aromatic carbocycles. The molecule has 3 N–H and O–H groups in total. The molecule has 1 aliphatic heterocycles. The number of carboxylic acid groups (broad SMARTS) is 2. The summed E-state index contributed by atoms with van der Waals surface area (Å²) in [5.74, 6) is -2.10. The van der Waals surface area contributed by atoms with Crippen LogP contribution in [0.2, 0.25) is 0 Å². The van der Waals surface area contributed by atoms with Crippen molar-refractivity contribution in [3.63, 3.8) is 0 Å². The Bertz CT molecular complexity index is 918. The maximum atomic E-state index is 11.0. The highest BCUT2D eigenvalue weighted by Gasteiger charge is 2.18. The molecule has 0 aliphatic carbocycles.